The summed E-state index contributed by atoms with van der Waals surface area (Å²) in [4.78, 5) is 4.20. The first-order chi connectivity index (χ1) is 17.2. The number of ether oxygens (including phenoxy) is 1. The lowest BCUT2D eigenvalue weighted by Gasteiger charge is -2.53. The highest BCUT2D eigenvalue weighted by Gasteiger charge is 2.54. The van der Waals surface area contributed by atoms with E-state index in [0.717, 1.165) is 5.56 Å². The molecule has 1 aliphatic rings. The Morgan fingerprint density at radius 3 is 1.73 bits per heavy atom. The largest absolute Gasteiger partial charge is 0.410 e. The third-order valence-electron chi connectivity index (χ3n) is 9.03. The normalized spacial score (nSPS) is 23.7. The second-order valence-electron chi connectivity index (χ2n) is 12.9. The zero-order valence-corrected chi connectivity index (χ0v) is 27.7. The van der Waals surface area contributed by atoms with Gasteiger partial charge < -0.3 is 19.3 Å². The Bertz CT molecular complexity index is 829. The third kappa shape index (κ3) is 6.27. The van der Waals surface area contributed by atoms with Gasteiger partial charge in [0.25, 0.3) is 0 Å². The molecule has 0 aromatic carbocycles. The van der Waals surface area contributed by atoms with Crippen molar-refractivity contribution < 1.29 is 13.6 Å². The fraction of sp³-hybridized carbons (Fsp3) is 0.767. The average Bonchev–Trinajstić information content (AvgIpc) is 2.79. The van der Waals surface area contributed by atoms with Gasteiger partial charge >= 0.3 is 0 Å². The van der Waals surface area contributed by atoms with Gasteiger partial charge in [0.15, 0.2) is 0 Å². The summed E-state index contributed by atoms with van der Waals surface area (Å²) in [5.74, 6) is 0. The summed E-state index contributed by atoms with van der Waals surface area (Å²) < 4.78 is 21.7. The van der Waals surface area contributed by atoms with Gasteiger partial charge in [-0.2, -0.15) is 0 Å². The van der Waals surface area contributed by atoms with Gasteiger partial charge in [-0.25, -0.2) is 0 Å². The van der Waals surface area contributed by atoms with Gasteiger partial charge in [0.2, 0.25) is 16.6 Å². The van der Waals surface area contributed by atoms with E-state index in [4.69, 9.17) is 19.3 Å². The molecule has 1 fully saturated rings. The zero-order chi connectivity index (χ0) is 28.3. The first-order valence-corrected chi connectivity index (χ1v) is 18.8. The molecule has 0 bridgehead atoms. The number of nitrogens with zero attached hydrogens (tertiary/aromatic N) is 1. The number of rotatable bonds is 12. The molecule has 2 rings (SSSR count). The van der Waals surface area contributed by atoms with E-state index >= 15 is 0 Å². The van der Waals surface area contributed by atoms with E-state index in [1.165, 1.54) is 0 Å². The molecule has 1 aromatic heterocycles. The quantitative estimate of drug-likeness (QED) is 0.209. The van der Waals surface area contributed by atoms with Crippen LogP contribution >= 0.6 is 0 Å². The third-order valence-corrected chi connectivity index (χ3v) is 21.3. The van der Waals surface area contributed by atoms with Crippen molar-refractivity contribution in [3.05, 3.63) is 36.7 Å². The van der Waals surface area contributed by atoms with Crippen molar-refractivity contribution in [3.63, 3.8) is 0 Å². The molecule has 0 aliphatic carbocycles. The zero-order valence-electron chi connectivity index (χ0n) is 25.7. The number of nitrogens with two attached hydrogens (primary N) is 1. The van der Waals surface area contributed by atoms with Gasteiger partial charge in [-0.3, -0.25) is 4.98 Å². The molecule has 37 heavy (non-hydrogen) atoms. The van der Waals surface area contributed by atoms with Gasteiger partial charge in [0, 0.05) is 18.2 Å². The summed E-state index contributed by atoms with van der Waals surface area (Å²) in [6.07, 6.45) is 5.37. The monoisotopic (exact) mass is 548 g/mol. The van der Waals surface area contributed by atoms with Crippen LogP contribution in [0.2, 0.25) is 33.2 Å². The second-order valence-corrected chi connectivity index (χ2v) is 23.8. The van der Waals surface area contributed by atoms with Crippen LogP contribution in [0, 0.1) is 0 Å². The Labute approximate surface area is 230 Å². The van der Waals surface area contributed by atoms with E-state index in [2.05, 4.69) is 94.6 Å². The van der Waals surface area contributed by atoms with Crippen LogP contribution in [0.15, 0.2) is 31.1 Å². The molecule has 2 heterocycles. The van der Waals surface area contributed by atoms with Gasteiger partial charge in [-0.05, 0) is 39.3 Å². The number of hydrogen-bond acceptors (Lipinski definition) is 5. The first kappa shape index (κ1) is 32.2. The van der Waals surface area contributed by atoms with Crippen molar-refractivity contribution in [1.29, 1.82) is 0 Å². The maximum atomic E-state index is 7.54. The van der Waals surface area contributed by atoms with Crippen LogP contribution in [0.1, 0.15) is 101 Å². The van der Waals surface area contributed by atoms with Crippen LogP contribution in [-0.2, 0) is 13.6 Å². The number of aromatic nitrogens is 1. The highest BCUT2D eigenvalue weighted by molar-refractivity contribution is 6.78. The number of anilines is 1. The van der Waals surface area contributed by atoms with E-state index in [9.17, 15) is 0 Å². The molecule has 212 valence electrons. The Morgan fingerprint density at radius 1 is 0.865 bits per heavy atom. The molecule has 1 aliphatic heterocycles. The Morgan fingerprint density at radius 2 is 1.32 bits per heavy atom. The predicted octanol–water partition coefficient (Wildman–Crippen LogP) is 8.80. The highest BCUT2D eigenvalue weighted by atomic mass is 28.4. The van der Waals surface area contributed by atoms with Gasteiger partial charge in [-0.15, -0.1) is 6.58 Å². The molecule has 1 saturated heterocycles. The topological polar surface area (TPSA) is 66.6 Å². The fourth-order valence-electron chi connectivity index (χ4n) is 7.55. The predicted molar refractivity (Wildman–Crippen MR) is 163 cm³/mol. The van der Waals surface area contributed by atoms with Gasteiger partial charge in [0.05, 0.1) is 30.2 Å². The smallest absolute Gasteiger partial charge is 0.201 e. The van der Waals surface area contributed by atoms with E-state index in [-0.39, 0.29) is 24.4 Å². The van der Waals surface area contributed by atoms with E-state index in [1.807, 2.05) is 12.1 Å². The summed E-state index contributed by atoms with van der Waals surface area (Å²) in [6, 6.07) is 1.98. The minimum atomic E-state index is -2.21. The summed E-state index contributed by atoms with van der Waals surface area (Å²) in [7, 11) is -4.41. The number of hydrogen-bond donors (Lipinski definition) is 1. The lowest BCUT2D eigenvalue weighted by molar-refractivity contribution is -0.144. The van der Waals surface area contributed by atoms with Crippen LogP contribution in [-0.4, -0.2) is 39.9 Å². The fourth-order valence-corrected chi connectivity index (χ4v) is 18.7. The molecule has 0 spiro atoms. The van der Waals surface area contributed by atoms with E-state index < -0.39 is 16.6 Å². The highest BCUT2D eigenvalue weighted by Crippen LogP contribution is 2.49. The summed E-state index contributed by atoms with van der Waals surface area (Å²) in [5, 5.41) is 0. The van der Waals surface area contributed by atoms with Crippen molar-refractivity contribution in [3.8, 4) is 0 Å². The lowest BCUT2D eigenvalue weighted by Crippen LogP contribution is -2.61. The van der Waals surface area contributed by atoms with E-state index in [0.29, 0.717) is 45.4 Å². The van der Waals surface area contributed by atoms with Gasteiger partial charge in [-0.1, -0.05) is 89.2 Å². The van der Waals surface area contributed by atoms with Crippen LogP contribution < -0.4 is 5.73 Å². The Balaban J connectivity index is 2.68. The molecular formula is C30H56N2O3Si2. The van der Waals surface area contributed by atoms with Crippen LogP contribution in [0.4, 0.5) is 5.69 Å². The maximum Gasteiger partial charge on any atom is 0.201 e. The molecular weight excluding hydrogens is 493 g/mol. The average molecular weight is 549 g/mol. The number of pyridine rings is 1. The van der Waals surface area contributed by atoms with Crippen molar-refractivity contribution >= 4 is 22.3 Å². The standard InChI is InChI=1S/C30H56N2O3Si2/c1-14-27-30(35-37(22(8)9,23(10)11)24(12)13)29(34-36(19(2)3,20(4)5)21(6)7)17-28(33-27)25-15-16-32-18-26(25)31/h14-16,18-24,27-30H,1,17,31H2,2-13H3/t27-,28-,29-,30-/m1/s1. The van der Waals surface area contributed by atoms with Crippen LogP contribution in [0.3, 0.4) is 0 Å². The van der Waals surface area contributed by atoms with Crippen molar-refractivity contribution in [2.75, 3.05) is 5.73 Å². The molecule has 1 aromatic rings. The second kappa shape index (κ2) is 12.9. The Kier molecular flexibility index (Phi) is 11.2. The minimum Gasteiger partial charge on any atom is -0.410 e. The van der Waals surface area contributed by atoms with Crippen molar-refractivity contribution in [1.82, 2.24) is 4.98 Å². The molecule has 5 nitrogen and oxygen atoms in total. The Hall–Kier alpha value is -0.996. The molecule has 7 heteroatoms. The molecule has 0 amide bonds. The van der Waals surface area contributed by atoms with E-state index in [1.54, 1.807) is 12.4 Å². The van der Waals surface area contributed by atoms with Crippen molar-refractivity contribution in [2.24, 2.45) is 0 Å². The molecule has 0 radical (unpaired) electrons. The first-order valence-electron chi connectivity index (χ1n) is 14.5. The number of nitrogen functional groups attached to an aromatic ring is 1. The van der Waals surface area contributed by atoms with Crippen LogP contribution in [0.25, 0.3) is 0 Å². The maximum absolute atomic E-state index is 7.54. The SMILES string of the molecule is C=C[C@H]1O[C@@H](c2ccncc2N)C[C@@H](O[Si](C(C)C)(C(C)C)C(C)C)[C@@H]1O[Si](C(C)C)(C(C)C)C(C)C. The minimum absolute atomic E-state index is 0.101. The summed E-state index contributed by atoms with van der Waals surface area (Å²) >= 11 is 0. The molecule has 4 atom stereocenters. The van der Waals surface area contributed by atoms with Crippen LogP contribution in [0.5, 0.6) is 0 Å². The lowest BCUT2D eigenvalue weighted by atomic mass is 9.93. The molecule has 2 N–H and O–H groups in total. The molecule has 0 unspecified atom stereocenters. The molecule has 0 saturated carbocycles. The van der Waals surface area contributed by atoms with Crippen molar-refractivity contribution in [2.45, 2.75) is 147 Å². The summed E-state index contributed by atoms with van der Waals surface area (Å²) in [6.45, 7) is 32.3. The van der Waals surface area contributed by atoms with Gasteiger partial charge in [0.1, 0.15) is 6.10 Å². The summed E-state index contributed by atoms with van der Waals surface area (Å²) in [5.41, 5.74) is 10.8.